The van der Waals surface area contributed by atoms with Gasteiger partial charge in [-0.3, -0.25) is 0 Å². The minimum atomic E-state index is -0.617. The molecule has 0 aromatic heterocycles. The van der Waals surface area contributed by atoms with Crippen molar-refractivity contribution in [3.63, 3.8) is 0 Å². The lowest BCUT2D eigenvalue weighted by Gasteiger charge is -2.37. The molecule has 0 unspecified atom stereocenters. The first-order chi connectivity index (χ1) is 7.64. The molecule has 1 fully saturated rings. The van der Waals surface area contributed by atoms with E-state index in [2.05, 4.69) is 21.2 Å². The number of nitrogens with one attached hydrogen (secondary N) is 1. The van der Waals surface area contributed by atoms with E-state index in [9.17, 15) is 0 Å². The molecule has 0 saturated carbocycles. The van der Waals surface area contributed by atoms with Crippen LogP contribution >= 0.6 is 15.9 Å². The van der Waals surface area contributed by atoms with E-state index >= 15 is 0 Å². The first-order valence-corrected chi connectivity index (χ1v) is 6.14. The van der Waals surface area contributed by atoms with Crippen molar-refractivity contribution in [2.75, 3.05) is 20.3 Å². The van der Waals surface area contributed by atoms with Gasteiger partial charge in [-0.2, -0.15) is 0 Å². The Labute approximate surface area is 104 Å². The van der Waals surface area contributed by atoms with Crippen LogP contribution in [-0.4, -0.2) is 26.3 Å². The molecular formula is C12H16BrNO2. The number of benzene rings is 1. The summed E-state index contributed by atoms with van der Waals surface area (Å²) in [7, 11) is 1.92. The van der Waals surface area contributed by atoms with Crippen LogP contribution < -0.4 is 5.32 Å². The summed E-state index contributed by atoms with van der Waals surface area (Å²) in [6.07, 6.45) is 0. The molecule has 1 aromatic rings. The highest BCUT2D eigenvalue weighted by atomic mass is 79.9. The van der Waals surface area contributed by atoms with Crippen LogP contribution in [-0.2, 0) is 15.3 Å². The van der Waals surface area contributed by atoms with Gasteiger partial charge in [0.2, 0.25) is 0 Å². The standard InChI is InChI=1S/C12H16BrNO2/c1-12(9-3-5-10(13)6-4-9)15-7-11(14-2)8-16-12/h3-6,11,14H,7-8H2,1-2H3. The van der Waals surface area contributed by atoms with Crippen molar-refractivity contribution in [3.8, 4) is 0 Å². The molecule has 0 spiro atoms. The molecular weight excluding hydrogens is 270 g/mol. The molecule has 0 atom stereocenters. The average molecular weight is 286 g/mol. The highest BCUT2D eigenvalue weighted by Crippen LogP contribution is 2.30. The Morgan fingerprint density at radius 2 is 1.81 bits per heavy atom. The number of ether oxygens (including phenoxy) is 2. The quantitative estimate of drug-likeness (QED) is 0.904. The Balaban J connectivity index is 2.11. The minimum absolute atomic E-state index is 0.281. The molecule has 0 amide bonds. The van der Waals surface area contributed by atoms with E-state index in [0.29, 0.717) is 13.2 Å². The van der Waals surface area contributed by atoms with Crippen LogP contribution in [0.2, 0.25) is 0 Å². The van der Waals surface area contributed by atoms with Gasteiger partial charge in [-0.05, 0) is 26.1 Å². The second-order valence-electron chi connectivity index (χ2n) is 4.06. The summed E-state index contributed by atoms with van der Waals surface area (Å²) in [5.74, 6) is -0.617. The molecule has 4 heteroatoms. The largest absolute Gasteiger partial charge is 0.344 e. The second-order valence-corrected chi connectivity index (χ2v) is 4.98. The normalized spacial score (nSPS) is 30.3. The third-order valence-electron chi connectivity index (χ3n) is 2.90. The zero-order chi connectivity index (χ0) is 11.6. The molecule has 1 N–H and O–H groups in total. The van der Waals surface area contributed by atoms with Crippen molar-refractivity contribution >= 4 is 15.9 Å². The Kier molecular flexibility index (Phi) is 3.64. The second kappa shape index (κ2) is 4.84. The number of halogens is 1. The first-order valence-electron chi connectivity index (χ1n) is 5.35. The lowest BCUT2D eigenvalue weighted by molar-refractivity contribution is -0.272. The lowest BCUT2D eigenvalue weighted by atomic mass is 10.1. The smallest absolute Gasteiger partial charge is 0.192 e. The molecule has 88 valence electrons. The van der Waals surface area contributed by atoms with Crippen LogP contribution in [0.3, 0.4) is 0 Å². The van der Waals surface area contributed by atoms with E-state index in [1.54, 1.807) is 0 Å². The van der Waals surface area contributed by atoms with Gasteiger partial charge in [0.05, 0.1) is 19.3 Å². The number of rotatable bonds is 2. The van der Waals surface area contributed by atoms with Gasteiger partial charge in [-0.25, -0.2) is 0 Å². The average Bonchev–Trinajstić information content (AvgIpc) is 2.31. The van der Waals surface area contributed by atoms with Gasteiger partial charge >= 0.3 is 0 Å². The van der Waals surface area contributed by atoms with Gasteiger partial charge in [-0.15, -0.1) is 0 Å². The Bertz CT molecular complexity index is 345. The Morgan fingerprint density at radius 1 is 1.25 bits per heavy atom. The topological polar surface area (TPSA) is 30.5 Å². The fourth-order valence-electron chi connectivity index (χ4n) is 1.69. The van der Waals surface area contributed by atoms with E-state index in [1.807, 2.05) is 38.2 Å². The zero-order valence-corrected chi connectivity index (χ0v) is 11.1. The highest BCUT2D eigenvalue weighted by Gasteiger charge is 2.34. The van der Waals surface area contributed by atoms with Gasteiger partial charge in [0, 0.05) is 10.0 Å². The van der Waals surface area contributed by atoms with Crippen molar-refractivity contribution in [1.82, 2.24) is 5.32 Å². The van der Waals surface area contributed by atoms with Crippen LogP contribution in [0.1, 0.15) is 12.5 Å². The lowest BCUT2D eigenvalue weighted by Crippen LogP contribution is -2.47. The van der Waals surface area contributed by atoms with E-state index < -0.39 is 5.79 Å². The van der Waals surface area contributed by atoms with Crippen molar-refractivity contribution in [2.24, 2.45) is 0 Å². The van der Waals surface area contributed by atoms with Crippen LogP contribution in [0.25, 0.3) is 0 Å². The van der Waals surface area contributed by atoms with Gasteiger partial charge in [0.25, 0.3) is 0 Å². The van der Waals surface area contributed by atoms with Crippen molar-refractivity contribution in [3.05, 3.63) is 34.3 Å². The fraction of sp³-hybridized carbons (Fsp3) is 0.500. The van der Waals surface area contributed by atoms with Crippen LogP contribution in [0.5, 0.6) is 0 Å². The van der Waals surface area contributed by atoms with Crippen LogP contribution in [0.4, 0.5) is 0 Å². The Morgan fingerprint density at radius 3 is 2.31 bits per heavy atom. The summed E-state index contributed by atoms with van der Waals surface area (Å²) in [6, 6.07) is 8.31. The molecule has 1 saturated heterocycles. The fourth-order valence-corrected chi connectivity index (χ4v) is 1.96. The third kappa shape index (κ3) is 2.46. The summed E-state index contributed by atoms with van der Waals surface area (Å²) >= 11 is 3.42. The zero-order valence-electron chi connectivity index (χ0n) is 9.50. The molecule has 0 bridgehead atoms. The molecule has 1 aliphatic heterocycles. The maximum atomic E-state index is 5.79. The monoisotopic (exact) mass is 285 g/mol. The van der Waals surface area contributed by atoms with Crippen LogP contribution in [0.15, 0.2) is 28.7 Å². The van der Waals surface area contributed by atoms with Crippen molar-refractivity contribution in [1.29, 1.82) is 0 Å². The molecule has 3 nitrogen and oxygen atoms in total. The molecule has 1 heterocycles. The molecule has 0 aliphatic carbocycles. The molecule has 0 radical (unpaired) electrons. The van der Waals surface area contributed by atoms with Gasteiger partial charge in [0.1, 0.15) is 0 Å². The highest BCUT2D eigenvalue weighted by molar-refractivity contribution is 9.10. The summed E-state index contributed by atoms with van der Waals surface area (Å²) in [5.41, 5.74) is 1.05. The predicted molar refractivity (Wildman–Crippen MR) is 66.2 cm³/mol. The SMILES string of the molecule is CNC1COC(C)(c2ccc(Br)cc2)OC1. The number of hydrogen-bond donors (Lipinski definition) is 1. The number of likely N-dealkylation sites (N-methyl/N-ethyl adjacent to an activating group) is 1. The first kappa shape index (κ1) is 12.0. The summed E-state index contributed by atoms with van der Waals surface area (Å²) in [4.78, 5) is 0. The summed E-state index contributed by atoms with van der Waals surface area (Å²) < 4.78 is 12.6. The van der Waals surface area contributed by atoms with Crippen molar-refractivity contribution in [2.45, 2.75) is 18.8 Å². The molecule has 1 aliphatic rings. The van der Waals surface area contributed by atoms with Crippen molar-refractivity contribution < 1.29 is 9.47 Å². The minimum Gasteiger partial charge on any atom is -0.344 e. The molecule has 1 aromatic carbocycles. The maximum absolute atomic E-state index is 5.79. The van der Waals surface area contributed by atoms with Gasteiger partial charge < -0.3 is 14.8 Å². The summed E-state index contributed by atoms with van der Waals surface area (Å²) in [6.45, 7) is 3.30. The van der Waals surface area contributed by atoms with Crippen LogP contribution in [0, 0.1) is 0 Å². The Hall–Kier alpha value is -0.420. The number of hydrogen-bond acceptors (Lipinski definition) is 3. The molecule has 16 heavy (non-hydrogen) atoms. The predicted octanol–water partition coefficient (Wildman–Crippen LogP) is 2.26. The summed E-state index contributed by atoms with van der Waals surface area (Å²) in [5, 5.41) is 3.14. The van der Waals surface area contributed by atoms with E-state index in [0.717, 1.165) is 10.0 Å². The molecule has 2 rings (SSSR count). The van der Waals surface area contributed by atoms with Gasteiger partial charge in [-0.1, -0.05) is 28.1 Å². The maximum Gasteiger partial charge on any atom is 0.192 e. The van der Waals surface area contributed by atoms with E-state index in [-0.39, 0.29) is 6.04 Å². The third-order valence-corrected chi connectivity index (χ3v) is 3.43. The van der Waals surface area contributed by atoms with E-state index in [4.69, 9.17) is 9.47 Å². The van der Waals surface area contributed by atoms with E-state index in [1.165, 1.54) is 0 Å². The van der Waals surface area contributed by atoms with Gasteiger partial charge in [0.15, 0.2) is 5.79 Å².